The second-order valence-corrected chi connectivity index (χ2v) is 2.99. The molecule has 0 saturated heterocycles. The van der Waals surface area contributed by atoms with Gasteiger partial charge >= 0.3 is 0 Å². The Morgan fingerprint density at radius 3 is 3.08 bits per heavy atom. The summed E-state index contributed by atoms with van der Waals surface area (Å²) in [7, 11) is 0. The average Bonchev–Trinajstić information content (AvgIpc) is 2.17. The highest BCUT2D eigenvalue weighted by Crippen LogP contribution is 2.26. The van der Waals surface area contributed by atoms with Crippen LogP contribution in [0.25, 0.3) is 0 Å². The third kappa shape index (κ3) is 1.16. The molecule has 0 N–H and O–H groups in total. The van der Waals surface area contributed by atoms with Crippen molar-refractivity contribution in [2.24, 2.45) is 5.92 Å². The Morgan fingerprint density at radius 2 is 2.25 bits per heavy atom. The maximum atomic E-state index is 5.48. The number of benzene rings is 1. The van der Waals surface area contributed by atoms with Crippen LogP contribution in [0.4, 0.5) is 0 Å². The van der Waals surface area contributed by atoms with Crippen molar-refractivity contribution in [2.45, 2.75) is 6.42 Å². The number of hydrogen-bond donors (Lipinski definition) is 0. The van der Waals surface area contributed by atoms with Gasteiger partial charge in [-0.05, 0) is 18.1 Å². The van der Waals surface area contributed by atoms with Crippen LogP contribution < -0.4 is 4.74 Å². The third-order valence-electron chi connectivity index (χ3n) is 2.11. The van der Waals surface area contributed by atoms with Crippen LogP contribution in [0.1, 0.15) is 5.56 Å². The van der Waals surface area contributed by atoms with E-state index in [9.17, 15) is 0 Å². The maximum Gasteiger partial charge on any atom is 0.122 e. The standard InChI is InChI=1S/C11H10O/c1-2-9-7-10-5-3-4-6-11(10)12-8-9/h1,3-6,9H,7-8H2/t9-/m1/s1. The van der Waals surface area contributed by atoms with Gasteiger partial charge in [-0.25, -0.2) is 0 Å². The highest BCUT2D eigenvalue weighted by Gasteiger charge is 2.16. The van der Waals surface area contributed by atoms with E-state index in [-0.39, 0.29) is 5.92 Å². The molecular weight excluding hydrogens is 148 g/mol. The largest absolute Gasteiger partial charge is 0.492 e. The van der Waals surface area contributed by atoms with Gasteiger partial charge in [0.2, 0.25) is 0 Å². The summed E-state index contributed by atoms with van der Waals surface area (Å²) in [5, 5.41) is 0. The van der Waals surface area contributed by atoms with Gasteiger partial charge in [0, 0.05) is 0 Å². The lowest BCUT2D eigenvalue weighted by molar-refractivity contribution is 0.254. The highest BCUT2D eigenvalue weighted by molar-refractivity contribution is 5.36. The summed E-state index contributed by atoms with van der Waals surface area (Å²) in [4.78, 5) is 0. The zero-order valence-electron chi connectivity index (χ0n) is 6.79. The molecule has 1 aromatic carbocycles. The first-order valence-electron chi connectivity index (χ1n) is 4.07. The SMILES string of the molecule is C#C[C@H]1COc2ccccc2C1. The molecule has 0 aromatic heterocycles. The number of fused-ring (bicyclic) bond motifs is 1. The number of terminal acetylenes is 1. The van der Waals surface area contributed by atoms with Gasteiger partial charge < -0.3 is 4.74 Å². The monoisotopic (exact) mass is 158 g/mol. The van der Waals surface area contributed by atoms with Crippen LogP contribution in [-0.4, -0.2) is 6.61 Å². The van der Waals surface area contributed by atoms with Gasteiger partial charge in [0.1, 0.15) is 12.4 Å². The van der Waals surface area contributed by atoms with Crippen molar-refractivity contribution in [1.82, 2.24) is 0 Å². The molecule has 1 heterocycles. The quantitative estimate of drug-likeness (QED) is 0.524. The minimum atomic E-state index is 0.250. The van der Waals surface area contributed by atoms with Crippen molar-refractivity contribution in [3.05, 3.63) is 29.8 Å². The molecule has 1 aliphatic heterocycles. The van der Waals surface area contributed by atoms with E-state index in [0.29, 0.717) is 6.61 Å². The molecule has 0 aliphatic carbocycles. The van der Waals surface area contributed by atoms with E-state index >= 15 is 0 Å². The molecule has 1 aromatic rings. The van der Waals surface area contributed by atoms with Gasteiger partial charge in [0.05, 0.1) is 5.92 Å². The summed E-state index contributed by atoms with van der Waals surface area (Å²) >= 11 is 0. The summed E-state index contributed by atoms with van der Waals surface area (Å²) in [6, 6.07) is 8.05. The molecule has 0 bridgehead atoms. The first kappa shape index (κ1) is 7.24. The Hall–Kier alpha value is -1.42. The van der Waals surface area contributed by atoms with Crippen LogP contribution in [0.15, 0.2) is 24.3 Å². The second-order valence-electron chi connectivity index (χ2n) is 2.99. The third-order valence-corrected chi connectivity index (χ3v) is 2.11. The molecule has 0 spiro atoms. The average molecular weight is 158 g/mol. The summed E-state index contributed by atoms with van der Waals surface area (Å²) in [6.45, 7) is 0.660. The maximum absolute atomic E-state index is 5.48. The van der Waals surface area contributed by atoms with E-state index in [4.69, 9.17) is 11.2 Å². The molecule has 12 heavy (non-hydrogen) atoms. The van der Waals surface area contributed by atoms with Gasteiger partial charge in [-0.2, -0.15) is 0 Å². The number of hydrogen-bond acceptors (Lipinski definition) is 1. The molecule has 1 nitrogen and oxygen atoms in total. The molecular formula is C11H10O. The lowest BCUT2D eigenvalue weighted by Gasteiger charge is -2.21. The van der Waals surface area contributed by atoms with Gasteiger partial charge in [-0.15, -0.1) is 6.42 Å². The van der Waals surface area contributed by atoms with E-state index in [2.05, 4.69) is 12.0 Å². The Balaban J connectivity index is 2.30. The second kappa shape index (κ2) is 2.91. The molecule has 1 heteroatoms. The van der Waals surface area contributed by atoms with Crippen molar-refractivity contribution in [3.63, 3.8) is 0 Å². The Labute approximate surface area is 72.4 Å². The minimum Gasteiger partial charge on any atom is -0.492 e. The minimum absolute atomic E-state index is 0.250. The summed E-state index contributed by atoms with van der Waals surface area (Å²) in [5.41, 5.74) is 1.23. The van der Waals surface area contributed by atoms with Crippen molar-refractivity contribution in [1.29, 1.82) is 0 Å². The molecule has 0 radical (unpaired) electrons. The fraction of sp³-hybridized carbons (Fsp3) is 0.273. The smallest absolute Gasteiger partial charge is 0.122 e. The van der Waals surface area contributed by atoms with Crippen molar-refractivity contribution < 1.29 is 4.74 Å². The molecule has 0 unspecified atom stereocenters. The van der Waals surface area contributed by atoms with Gasteiger partial charge in [-0.3, -0.25) is 0 Å². The molecule has 60 valence electrons. The summed E-state index contributed by atoms with van der Waals surface area (Å²) in [5.74, 6) is 3.96. The lowest BCUT2D eigenvalue weighted by atomic mass is 9.98. The zero-order valence-corrected chi connectivity index (χ0v) is 6.79. The van der Waals surface area contributed by atoms with Crippen molar-refractivity contribution >= 4 is 0 Å². The predicted octanol–water partition coefficient (Wildman–Crippen LogP) is 1.87. The fourth-order valence-electron chi connectivity index (χ4n) is 1.44. The first-order valence-corrected chi connectivity index (χ1v) is 4.07. The normalized spacial score (nSPS) is 20.4. The van der Waals surface area contributed by atoms with Crippen LogP contribution >= 0.6 is 0 Å². The van der Waals surface area contributed by atoms with Crippen molar-refractivity contribution in [2.75, 3.05) is 6.61 Å². The van der Waals surface area contributed by atoms with Crippen molar-refractivity contribution in [3.8, 4) is 18.1 Å². The fourth-order valence-corrected chi connectivity index (χ4v) is 1.44. The summed E-state index contributed by atoms with van der Waals surface area (Å²) < 4.78 is 5.48. The van der Waals surface area contributed by atoms with E-state index in [1.807, 2.05) is 18.2 Å². The Bertz CT molecular complexity index is 322. The van der Waals surface area contributed by atoms with E-state index in [1.54, 1.807) is 0 Å². The van der Waals surface area contributed by atoms with Gasteiger partial charge in [0.15, 0.2) is 0 Å². The van der Waals surface area contributed by atoms with Crippen LogP contribution in [0.2, 0.25) is 0 Å². The first-order chi connectivity index (χ1) is 5.90. The molecule has 1 atom stereocenters. The zero-order chi connectivity index (χ0) is 8.39. The van der Waals surface area contributed by atoms with E-state index in [1.165, 1.54) is 5.56 Å². The molecule has 0 fully saturated rings. The number of rotatable bonds is 0. The van der Waals surface area contributed by atoms with Crippen LogP contribution in [0, 0.1) is 18.3 Å². The number of para-hydroxylation sites is 1. The molecule has 1 aliphatic rings. The van der Waals surface area contributed by atoms with E-state index in [0.717, 1.165) is 12.2 Å². The highest BCUT2D eigenvalue weighted by atomic mass is 16.5. The Kier molecular flexibility index (Phi) is 1.75. The summed E-state index contributed by atoms with van der Waals surface area (Å²) in [6.07, 6.45) is 6.28. The van der Waals surface area contributed by atoms with Crippen LogP contribution in [0.5, 0.6) is 5.75 Å². The van der Waals surface area contributed by atoms with Crippen LogP contribution in [-0.2, 0) is 6.42 Å². The van der Waals surface area contributed by atoms with E-state index < -0.39 is 0 Å². The molecule has 0 amide bonds. The Morgan fingerprint density at radius 1 is 1.42 bits per heavy atom. The predicted molar refractivity (Wildman–Crippen MR) is 48.0 cm³/mol. The number of ether oxygens (including phenoxy) is 1. The molecule has 2 rings (SSSR count). The lowest BCUT2D eigenvalue weighted by Crippen LogP contribution is -2.18. The van der Waals surface area contributed by atoms with Gasteiger partial charge in [-0.1, -0.05) is 24.1 Å². The van der Waals surface area contributed by atoms with Crippen LogP contribution in [0.3, 0.4) is 0 Å². The topological polar surface area (TPSA) is 9.23 Å². The molecule has 0 saturated carbocycles. The van der Waals surface area contributed by atoms with Gasteiger partial charge in [0.25, 0.3) is 0 Å².